The van der Waals surface area contributed by atoms with Crippen molar-refractivity contribution in [2.24, 2.45) is 0 Å². The third-order valence-corrected chi connectivity index (χ3v) is 7.60. The lowest BCUT2D eigenvalue weighted by atomic mass is 9.80. The number of nitrogens with zero attached hydrogens (tertiary/aromatic N) is 1. The van der Waals surface area contributed by atoms with Crippen molar-refractivity contribution in [2.45, 2.75) is 26.2 Å². The normalized spacial score (nSPS) is 16.1. The smallest absolute Gasteiger partial charge is 0.337 e. The van der Waals surface area contributed by atoms with E-state index in [0.717, 1.165) is 65.1 Å². The van der Waals surface area contributed by atoms with E-state index in [1.165, 1.54) is 0 Å². The van der Waals surface area contributed by atoms with E-state index >= 15 is 0 Å². The zero-order chi connectivity index (χ0) is 27.5. The molecule has 2 aliphatic heterocycles. The van der Waals surface area contributed by atoms with Crippen LogP contribution in [0.15, 0.2) is 53.7 Å². The summed E-state index contributed by atoms with van der Waals surface area (Å²) in [5, 5.41) is 5.62. The standard InChI is InChI=1S/C31H36N2O6/c1-6-33(7-2)13-8-14-38-21-11-9-19-10-12-22-27(20-15-25(35-3)30(37-5)26(16-20)36-4)28-24(18-39-31(28)34)32-29(22)23(19)17-21/h9-12,15-17,27,32H,6-8,13-14,18H2,1-5H3. The SMILES string of the molecule is CCN(CC)CCCOc1ccc2ccc3c(c2c1)NC1=C(C(=O)OC1)C3c1cc(OC)c(OC)c(OC)c1. The first-order valence-electron chi connectivity index (χ1n) is 13.4. The molecule has 0 radical (unpaired) electrons. The van der Waals surface area contributed by atoms with Crippen molar-refractivity contribution in [1.29, 1.82) is 0 Å². The Balaban J connectivity index is 1.56. The molecule has 0 bridgehead atoms. The number of fused-ring (bicyclic) bond motifs is 3. The molecule has 1 unspecified atom stereocenters. The summed E-state index contributed by atoms with van der Waals surface area (Å²) in [5.41, 5.74) is 4.12. The summed E-state index contributed by atoms with van der Waals surface area (Å²) in [7, 11) is 4.75. The van der Waals surface area contributed by atoms with Gasteiger partial charge in [-0.3, -0.25) is 0 Å². The van der Waals surface area contributed by atoms with Crippen LogP contribution in [0.5, 0.6) is 23.0 Å². The topological polar surface area (TPSA) is 78.5 Å². The third-order valence-electron chi connectivity index (χ3n) is 7.60. The van der Waals surface area contributed by atoms with E-state index in [9.17, 15) is 4.79 Å². The van der Waals surface area contributed by atoms with E-state index in [4.69, 9.17) is 23.7 Å². The molecule has 0 saturated heterocycles. The maximum absolute atomic E-state index is 13.0. The Morgan fingerprint density at radius 3 is 2.36 bits per heavy atom. The summed E-state index contributed by atoms with van der Waals surface area (Å²) < 4.78 is 28.4. The monoisotopic (exact) mass is 532 g/mol. The predicted octanol–water partition coefficient (Wildman–Crippen LogP) is 5.34. The predicted molar refractivity (Wildman–Crippen MR) is 151 cm³/mol. The summed E-state index contributed by atoms with van der Waals surface area (Å²) >= 11 is 0. The lowest BCUT2D eigenvalue weighted by molar-refractivity contribution is -0.136. The van der Waals surface area contributed by atoms with E-state index in [1.807, 2.05) is 18.2 Å². The maximum Gasteiger partial charge on any atom is 0.337 e. The molecular weight excluding hydrogens is 496 g/mol. The van der Waals surface area contributed by atoms with E-state index < -0.39 is 0 Å². The minimum atomic E-state index is -0.372. The van der Waals surface area contributed by atoms with Crippen LogP contribution in [-0.4, -0.2) is 65.0 Å². The van der Waals surface area contributed by atoms with Crippen LogP contribution in [0.1, 0.15) is 37.3 Å². The van der Waals surface area contributed by atoms with Crippen LogP contribution < -0.4 is 24.3 Å². The molecule has 2 heterocycles. The fourth-order valence-corrected chi connectivity index (χ4v) is 5.54. The van der Waals surface area contributed by atoms with Crippen molar-refractivity contribution in [3.05, 3.63) is 64.9 Å². The number of benzene rings is 3. The first-order valence-corrected chi connectivity index (χ1v) is 13.4. The molecule has 0 aromatic heterocycles. The van der Waals surface area contributed by atoms with Crippen LogP contribution in [0.4, 0.5) is 5.69 Å². The Hall–Kier alpha value is -3.91. The molecule has 2 aliphatic rings. The molecule has 206 valence electrons. The van der Waals surface area contributed by atoms with Crippen molar-refractivity contribution in [1.82, 2.24) is 4.90 Å². The van der Waals surface area contributed by atoms with Gasteiger partial charge < -0.3 is 33.9 Å². The zero-order valence-corrected chi connectivity index (χ0v) is 23.3. The number of rotatable bonds is 11. The maximum atomic E-state index is 13.0. The molecule has 0 aliphatic carbocycles. The Bertz CT molecular complexity index is 1390. The number of cyclic esters (lactones) is 1. The van der Waals surface area contributed by atoms with E-state index in [2.05, 4.69) is 48.3 Å². The lowest BCUT2D eigenvalue weighted by Gasteiger charge is -2.29. The number of ether oxygens (including phenoxy) is 5. The van der Waals surface area contributed by atoms with E-state index in [-0.39, 0.29) is 18.5 Å². The van der Waals surface area contributed by atoms with Gasteiger partial charge in [0.25, 0.3) is 0 Å². The third kappa shape index (κ3) is 4.96. The number of esters is 1. The molecule has 8 heteroatoms. The molecule has 0 saturated carbocycles. The molecule has 5 rings (SSSR count). The molecule has 3 aromatic carbocycles. The highest BCUT2D eigenvalue weighted by Crippen LogP contribution is 2.50. The summed E-state index contributed by atoms with van der Waals surface area (Å²) in [6.45, 7) is 8.31. The minimum Gasteiger partial charge on any atom is -0.494 e. The lowest BCUT2D eigenvalue weighted by Crippen LogP contribution is -2.25. The van der Waals surface area contributed by atoms with Crippen molar-refractivity contribution in [3.8, 4) is 23.0 Å². The second-order valence-electron chi connectivity index (χ2n) is 9.63. The number of carbonyl (C=O) groups is 1. The van der Waals surface area contributed by atoms with Crippen molar-refractivity contribution < 1.29 is 28.5 Å². The Morgan fingerprint density at radius 2 is 1.69 bits per heavy atom. The molecule has 8 nitrogen and oxygen atoms in total. The largest absolute Gasteiger partial charge is 0.494 e. The van der Waals surface area contributed by atoms with Gasteiger partial charge in [-0.05, 0) is 60.3 Å². The molecule has 1 N–H and O–H groups in total. The summed E-state index contributed by atoms with van der Waals surface area (Å²) in [6.07, 6.45) is 0.962. The summed E-state index contributed by atoms with van der Waals surface area (Å²) in [5.74, 6) is 1.68. The molecule has 1 atom stereocenters. The second-order valence-corrected chi connectivity index (χ2v) is 9.63. The fraction of sp³-hybridized carbons (Fsp3) is 0.387. The van der Waals surface area contributed by atoms with Crippen LogP contribution >= 0.6 is 0 Å². The van der Waals surface area contributed by atoms with Crippen LogP contribution in [0, 0.1) is 0 Å². The first-order chi connectivity index (χ1) is 19.0. The highest BCUT2D eigenvalue weighted by Gasteiger charge is 2.39. The first kappa shape index (κ1) is 26.7. The van der Waals surface area contributed by atoms with E-state index in [0.29, 0.717) is 29.4 Å². The molecule has 3 aromatic rings. The van der Waals surface area contributed by atoms with Crippen LogP contribution in [-0.2, 0) is 9.53 Å². The van der Waals surface area contributed by atoms with Gasteiger partial charge in [0, 0.05) is 17.8 Å². The average molecular weight is 533 g/mol. The molecular formula is C31H36N2O6. The summed E-state index contributed by atoms with van der Waals surface area (Å²) in [6, 6.07) is 14.1. The highest BCUT2D eigenvalue weighted by atomic mass is 16.5. The highest BCUT2D eigenvalue weighted by molar-refractivity contribution is 6.03. The Kier molecular flexibility index (Phi) is 7.84. The number of nitrogens with one attached hydrogen (secondary N) is 1. The van der Waals surface area contributed by atoms with Gasteiger partial charge in [-0.2, -0.15) is 0 Å². The minimum absolute atomic E-state index is 0.201. The Labute approximate surface area is 229 Å². The molecule has 39 heavy (non-hydrogen) atoms. The Morgan fingerprint density at radius 1 is 0.974 bits per heavy atom. The number of hydrogen-bond donors (Lipinski definition) is 1. The van der Waals surface area contributed by atoms with Crippen molar-refractivity contribution >= 4 is 22.4 Å². The number of anilines is 1. The van der Waals surface area contributed by atoms with Crippen LogP contribution in [0.25, 0.3) is 10.8 Å². The quantitative estimate of drug-likeness (QED) is 0.262. The molecule has 0 spiro atoms. The van der Waals surface area contributed by atoms with Gasteiger partial charge in [0.15, 0.2) is 11.5 Å². The number of hydrogen-bond acceptors (Lipinski definition) is 8. The fourth-order valence-electron chi connectivity index (χ4n) is 5.54. The van der Waals surface area contributed by atoms with Gasteiger partial charge in [-0.15, -0.1) is 0 Å². The van der Waals surface area contributed by atoms with Crippen molar-refractivity contribution in [3.63, 3.8) is 0 Å². The van der Waals surface area contributed by atoms with Gasteiger partial charge in [0.05, 0.1) is 44.9 Å². The van der Waals surface area contributed by atoms with Gasteiger partial charge in [-0.1, -0.05) is 32.0 Å². The van der Waals surface area contributed by atoms with Crippen LogP contribution in [0.2, 0.25) is 0 Å². The van der Waals surface area contributed by atoms with Gasteiger partial charge in [0.1, 0.15) is 12.4 Å². The molecule has 0 amide bonds. The number of carbonyl (C=O) groups excluding carboxylic acids is 1. The number of methoxy groups -OCH3 is 3. The summed E-state index contributed by atoms with van der Waals surface area (Å²) in [4.78, 5) is 15.4. The van der Waals surface area contributed by atoms with Gasteiger partial charge in [0.2, 0.25) is 5.75 Å². The average Bonchev–Trinajstić information content (AvgIpc) is 3.34. The van der Waals surface area contributed by atoms with Gasteiger partial charge >= 0.3 is 5.97 Å². The second kappa shape index (κ2) is 11.5. The van der Waals surface area contributed by atoms with Crippen molar-refractivity contribution in [2.75, 3.05) is 59.5 Å². The molecule has 0 fully saturated rings. The van der Waals surface area contributed by atoms with E-state index in [1.54, 1.807) is 21.3 Å². The van der Waals surface area contributed by atoms with Crippen LogP contribution in [0.3, 0.4) is 0 Å². The zero-order valence-electron chi connectivity index (χ0n) is 23.3. The van der Waals surface area contributed by atoms with Gasteiger partial charge in [-0.25, -0.2) is 4.79 Å².